The van der Waals surface area contributed by atoms with Crippen LogP contribution in [0.1, 0.15) is 36.0 Å². The minimum absolute atomic E-state index is 0.0597. The van der Waals surface area contributed by atoms with Gasteiger partial charge in [0.15, 0.2) is 0 Å². The van der Waals surface area contributed by atoms with E-state index in [1.165, 1.54) is 11.3 Å². The van der Waals surface area contributed by atoms with Gasteiger partial charge in [-0.25, -0.2) is 0 Å². The molecule has 6 nitrogen and oxygen atoms in total. The number of rotatable bonds is 3. The van der Waals surface area contributed by atoms with Crippen molar-refractivity contribution in [1.29, 1.82) is 0 Å². The molecule has 2 aliphatic heterocycles. The molecular weight excluding hydrogens is 384 g/mol. The van der Waals surface area contributed by atoms with Crippen LogP contribution in [0.5, 0.6) is 0 Å². The predicted molar refractivity (Wildman–Crippen MR) is 116 cm³/mol. The number of piperidine rings is 1. The van der Waals surface area contributed by atoms with E-state index in [1.807, 2.05) is 29.2 Å². The second-order valence-corrected chi connectivity index (χ2v) is 9.58. The molecule has 0 spiro atoms. The Bertz CT molecular complexity index is 922. The average Bonchev–Trinajstić information content (AvgIpc) is 3.55. The normalized spacial score (nSPS) is 21.7. The second kappa shape index (κ2) is 7.61. The number of amides is 2. The van der Waals surface area contributed by atoms with E-state index in [0.717, 1.165) is 75.0 Å². The highest BCUT2D eigenvalue weighted by Crippen LogP contribution is 2.35. The number of fused-ring (bicyclic) bond motifs is 1. The molecule has 5 rings (SSSR count). The summed E-state index contributed by atoms with van der Waals surface area (Å²) in [6.45, 7) is 5.05. The van der Waals surface area contributed by atoms with E-state index in [4.69, 9.17) is 5.73 Å². The number of thiophene rings is 1. The van der Waals surface area contributed by atoms with Crippen LogP contribution in [0.25, 0.3) is 10.1 Å². The van der Waals surface area contributed by atoms with Gasteiger partial charge in [0.2, 0.25) is 5.91 Å². The molecule has 1 saturated carbocycles. The number of nitrogen functional groups attached to an aromatic ring is 1. The van der Waals surface area contributed by atoms with Gasteiger partial charge in [-0.3, -0.25) is 14.5 Å². The molecule has 7 heteroatoms. The van der Waals surface area contributed by atoms with Gasteiger partial charge in [0.05, 0.1) is 10.6 Å². The molecule has 3 fully saturated rings. The summed E-state index contributed by atoms with van der Waals surface area (Å²) in [4.78, 5) is 31.9. The number of hydrogen-bond acceptors (Lipinski definition) is 5. The Balaban J connectivity index is 1.18. The highest BCUT2D eigenvalue weighted by molar-refractivity contribution is 7.23. The summed E-state index contributed by atoms with van der Waals surface area (Å²) in [6, 6.07) is 8.48. The molecular formula is C22H28N4O2S. The van der Waals surface area contributed by atoms with Gasteiger partial charge < -0.3 is 15.5 Å². The Morgan fingerprint density at radius 1 is 0.897 bits per heavy atom. The SMILES string of the molecule is Nc1sc2ccccc2c1C(=O)N1CCN(C2CCN(C(=O)C3CC3)CC2)CC1. The van der Waals surface area contributed by atoms with Gasteiger partial charge >= 0.3 is 0 Å². The zero-order valence-electron chi connectivity index (χ0n) is 16.7. The molecule has 29 heavy (non-hydrogen) atoms. The number of carbonyl (C=O) groups excluding carboxylic acids is 2. The first-order valence-electron chi connectivity index (χ1n) is 10.7. The van der Waals surface area contributed by atoms with E-state index >= 15 is 0 Å². The molecule has 2 aromatic rings. The molecule has 3 aliphatic rings. The predicted octanol–water partition coefficient (Wildman–Crippen LogP) is 2.64. The van der Waals surface area contributed by atoms with E-state index in [1.54, 1.807) is 0 Å². The molecule has 2 saturated heterocycles. The summed E-state index contributed by atoms with van der Waals surface area (Å²) in [6.07, 6.45) is 4.26. The molecule has 1 aromatic carbocycles. The monoisotopic (exact) mass is 412 g/mol. The number of piperazine rings is 1. The number of benzene rings is 1. The lowest BCUT2D eigenvalue weighted by molar-refractivity contribution is -0.134. The zero-order chi connectivity index (χ0) is 20.0. The van der Waals surface area contributed by atoms with Crippen molar-refractivity contribution >= 4 is 38.2 Å². The van der Waals surface area contributed by atoms with Crippen LogP contribution in [-0.4, -0.2) is 71.8 Å². The standard InChI is InChI=1S/C22H28N4O2S/c23-20-19(17-3-1-2-4-18(17)29-20)22(28)26-13-11-24(12-14-26)16-7-9-25(10-8-16)21(27)15-5-6-15/h1-4,15-16H,5-14,23H2. The van der Waals surface area contributed by atoms with Crippen LogP contribution >= 0.6 is 11.3 Å². The molecule has 1 aliphatic carbocycles. The lowest BCUT2D eigenvalue weighted by Gasteiger charge is -2.42. The fraction of sp³-hybridized carbons (Fsp3) is 0.545. The minimum atomic E-state index is 0.0597. The van der Waals surface area contributed by atoms with Crippen molar-refractivity contribution < 1.29 is 9.59 Å². The number of nitrogens with zero attached hydrogens (tertiary/aromatic N) is 3. The third-order valence-electron chi connectivity index (χ3n) is 6.66. The van der Waals surface area contributed by atoms with Gasteiger partial charge in [-0.2, -0.15) is 0 Å². The Labute approximate surface area is 175 Å². The second-order valence-electron chi connectivity index (χ2n) is 8.50. The van der Waals surface area contributed by atoms with Crippen LogP contribution in [0.4, 0.5) is 5.00 Å². The lowest BCUT2D eigenvalue weighted by Crippen LogP contribution is -2.54. The van der Waals surface area contributed by atoms with Gasteiger partial charge in [-0.15, -0.1) is 11.3 Å². The van der Waals surface area contributed by atoms with E-state index in [-0.39, 0.29) is 5.91 Å². The maximum absolute atomic E-state index is 13.2. The summed E-state index contributed by atoms with van der Waals surface area (Å²) in [5.41, 5.74) is 6.87. The highest BCUT2D eigenvalue weighted by Gasteiger charge is 2.36. The van der Waals surface area contributed by atoms with E-state index in [9.17, 15) is 9.59 Å². The molecule has 3 heterocycles. The van der Waals surface area contributed by atoms with Gasteiger partial charge in [0.1, 0.15) is 0 Å². The van der Waals surface area contributed by atoms with Crippen LogP contribution in [0, 0.1) is 5.92 Å². The molecule has 154 valence electrons. The van der Waals surface area contributed by atoms with Crippen molar-refractivity contribution in [2.75, 3.05) is 45.0 Å². The van der Waals surface area contributed by atoms with E-state index in [0.29, 0.717) is 28.4 Å². The molecule has 0 radical (unpaired) electrons. The van der Waals surface area contributed by atoms with Gasteiger partial charge in [0.25, 0.3) is 5.91 Å². The minimum Gasteiger partial charge on any atom is -0.390 e. The number of anilines is 1. The third kappa shape index (κ3) is 3.62. The Morgan fingerprint density at radius 2 is 1.59 bits per heavy atom. The lowest BCUT2D eigenvalue weighted by atomic mass is 10.0. The fourth-order valence-electron chi connectivity index (χ4n) is 4.77. The summed E-state index contributed by atoms with van der Waals surface area (Å²) in [5, 5.41) is 1.58. The van der Waals surface area contributed by atoms with E-state index < -0.39 is 0 Å². The fourth-order valence-corrected chi connectivity index (χ4v) is 5.74. The molecule has 2 amide bonds. The van der Waals surface area contributed by atoms with Crippen molar-refractivity contribution in [3.8, 4) is 0 Å². The van der Waals surface area contributed by atoms with Gasteiger partial charge in [-0.05, 0) is 31.7 Å². The van der Waals surface area contributed by atoms with E-state index in [2.05, 4.69) is 9.80 Å². The maximum atomic E-state index is 13.2. The summed E-state index contributed by atoms with van der Waals surface area (Å²) >= 11 is 1.49. The largest absolute Gasteiger partial charge is 0.390 e. The smallest absolute Gasteiger partial charge is 0.257 e. The Hall–Kier alpha value is -2.12. The van der Waals surface area contributed by atoms with Crippen molar-refractivity contribution in [3.05, 3.63) is 29.8 Å². The number of hydrogen-bond donors (Lipinski definition) is 1. The molecule has 1 aromatic heterocycles. The zero-order valence-corrected chi connectivity index (χ0v) is 17.5. The third-order valence-corrected chi connectivity index (χ3v) is 7.66. The first kappa shape index (κ1) is 18.9. The molecule has 2 N–H and O–H groups in total. The van der Waals surface area contributed by atoms with Crippen LogP contribution in [-0.2, 0) is 4.79 Å². The van der Waals surface area contributed by atoms with Crippen molar-refractivity contribution in [1.82, 2.24) is 14.7 Å². The Kier molecular flexibility index (Phi) is 4.95. The highest BCUT2D eigenvalue weighted by atomic mass is 32.1. The molecule has 0 atom stereocenters. The quantitative estimate of drug-likeness (QED) is 0.841. The van der Waals surface area contributed by atoms with Crippen LogP contribution < -0.4 is 5.73 Å². The van der Waals surface area contributed by atoms with Crippen molar-refractivity contribution in [3.63, 3.8) is 0 Å². The number of likely N-dealkylation sites (tertiary alicyclic amines) is 1. The summed E-state index contributed by atoms with van der Waals surface area (Å²) in [5.74, 6) is 0.755. The van der Waals surface area contributed by atoms with Gasteiger partial charge in [0, 0.05) is 61.3 Å². The van der Waals surface area contributed by atoms with Crippen molar-refractivity contribution in [2.45, 2.75) is 31.7 Å². The summed E-state index contributed by atoms with van der Waals surface area (Å²) in [7, 11) is 0. The maximum Gasteiger partial charge on any atom is 0.257 e. The number of carbonyl (C=O) groups is 2. The topological polar surface area (TPSA) is 69.9 Å². The molecule has 0 unspecified atom stereocenters. The average molecular weight is 413 g/mol. The Morgan fingerprint density at radius 3 is 2.28 bits per heavy atom. The number of nitrogens with two attached hydrogens (primary N) is 1. The van der Waals surface area contributed by atoms with Gasteiger partial charge in [-0.1, -0.05) is 18.2 Å². The molecule has 0 bridgehead atoms. The van der Waals surface area contributed by atoms with Crippen LogP contribution in [0.2, 0.25) is 0 Å². The summed E-state index contributed by atoms with van der Waals surface area (Å²) < 4.78 is 1.07. The van der Waals surface area contributed by atoms with Crippen molar-refractivity contribution in [2.24, 2.45) is 5.92 Å². The first-order valence-corrected chi connectivity index (χ1v) is 11.5. The van der Waals surface area contributed by atoms with Crippen LogP contribution in [0.15, 0.2) is 24.3 Å². The van der Waals surface area contributed by atoms with Crippen LogP contribution in [0.3, 0.4) is 0 Å². The first-order chi connectivity index (χ1) is 14.1.